The molecule has 0 spiro atoms. The Morgan fingerprint density at radius 2 is 2.12 bits per heavy atom. The zero-order valence-corrected chi connectivity index (χ0v) is 6.94. The lowest BCUT2D eigenvalue weighted by Gasteiger charge is -2.04. The average Bonchev–Trinajstić information content (AvgIpc) is 2.45. The van der Waals surface area contributed by atoms with E-state index < -0.39 is 0 Å². The molecule has 1 saturated carbocycles. The molecule has 4 atom stereocenters. The first-order chi connectivity index (χ1) is 3.75. The van der Waals surface area contributed by atoms with Gasteiger partial charge in [-0.05, 0) is 30.6 Å². The Balaban J connectivity index is 2.18. The fourth-order valence-electron chi connectivity index (χ4n) is 1.26. The van der Waals surface area contributed by atoms with Gasteiger partial charge in [-0.15, -0.1) is 8.58 Å². The van der Waals surface area contributed by atoms with E-state index in [1.54, 1.807) is 0 Å². The van der Waals surface area contributed by atoms with Gasteiger partial charge in [0.1, 0.15) is 0 Å². The maximum atomic E-state index is 2.38. The molecule has 0 nitrogen and oxygen atoms in total. The molecule has 0 N–H and O–H groups in total. The van der Waals surface area contributed by atoms with Gasteiger partial charge in [0.05, 0.1) is 0 Å². The molecule has 0 saturated heterocycles. The van der Waals surface area contributed by atoms with Crippen LogP contribution in [0.1, 0.15) is 20.3 Å². The smallest absolute Gasteiger partial charge is 0.0237 e. The van der Waals surface area contributed by atoms with Crippen LogP contribution in [0, 0.1) is 11.8 Å². The van der Waals surface area contributed by atoms with Crippen molar-refractivity contribution in [3.63, 3.8) is 0 Å². The van der Waals surface area contributed by atoms with Crippen LogP contribution in [0.5, 0.6) is 0 Å². The van der Waals surface area contributed by atoms with Gasteiger partial charge < -0.3 is 0 Å². The second-order valence-electron chi connectivity index (χ2n) is 2.95. The van der Waals surface area contributed by atoms with E-state index in [4.69, 9.17) is 0 Å². The number of hydrogen-bond donors (Lipinski definition) is 0. The van der Waals surface area contributed by atoms with Crippen molar-refractivity contribution in [2.45, 2.75) is 25.9 Å². The van der Waals surface area contributed by atoms with Gasteiger partial charge in [-0.1, -0.05) is 13.8 Å². The zero-order valence-electron chi connectivity index (χ0n) is 5.94. The molecule has 1 fully saturated rings. The highest BCUT2D eigenvalue weighted by Crippen LogP contribution is 2.45. The molecule has 1 heteroatoms. The molecule has 1 aliphatic carbocycles. The highest BCUT2D eigenvalue weighted by atomic mass is 31.1. The van der Waals surface area contributed by atoms with E-state index >= 15 is 0 Å². The van der Waals surface area contributed by atoms with E-state index in [-0.39, 0.29) is 0 Å². The molecule has 0 heterocycles. The van der Waals surface area contributed by atoms with Gasteiger partial charge in [0.15, 0.2) is 0 Å². The van der Waals surface area contributed by atoms with Crippen molar-refractivity contribution in [1.29, 1.82) is 0 Å². The highest BCUT2D eigenvalue weighted by Gasteiger charge is 2.35. The third kappa shape index (κ3) is 1.23. The summed E-state index contributed by atoms with van der Waals surface area (Å²) in [6.45, 7) is 7.06. The van der Waals surface area contributed by atoms with Crippen molar-refractivity contribution in [3.8, 4) is 0 Å². The summed E-state index contributed by atoms with van der Waals surface area (Å²) in [6.07, 6.45) is 1.50. The summed E-state index contributed by atoms with van der Waals surface area (Å²) < 4.78 is 0. The van der Waals surface area contributed by atoms with Gasteiger partial charge in [-0.25, -0.2) is 0 Å². The summed E-state index contributed by atoms with van der Waals surface area (Å²) in [5, 5.41) is 0. The molecule has 1 aliphatic rings. The van der Waals surface area contributed by atoms with E-state index in [9.17, 15) is 0 Å². The van der Waals surface area contributed by atoms with Crippen molar-refractivity contribution in [3.05, 3.63) is 0 Å². The summed E-state index contributed by atoms with van der Waals surface area (Å²) in [4.78, 5) is 0. The summed E-state index contributed by atoms with van der Waals surface area (Å²) in [5.74, 6) is 2.15. The zero-order chi connectivity index (χ0) is 6.15. The van der Waals surface area contributed by atoms with Crippen molar-refractivity contribution in [2.75, 3.05) is 6.66 Å². The molecule has 0 bridgehead atoms. The van der Waals surface area contributed by atoms with Gasteiger partial charge in [0, 0.05) is 0 Å². The van der Waals surface area contributed by atoms with Crippen molar-refractivity contribution in [2.24, 2.45) is 11.8 Å². The quantitative estimate of drug-likeness (QED) is 0.503. The van der Waals surface area contributed by atoms with Crippen LogP contribution in [0.15, 0.2) is 0 Å². The third-order valence-corrected chi connectivity index (χ3v) is 3.61. The second-order valence-corrected chi connectivity index (χ2v) is 4.44. The van der Waals surface area contributed by atoms with Crippen LogP contribution < -0.4 is 0 Å². The number of hydrogen-bond acceptors (Lipinski definition) is 0. The SMILES string of the molecule is CP[C@H](C)[C@H]1C[C@@H]1C. The molecule has 0 radical (unpaired) electrons. The first kappa shape index (κ1) is 6.55. The largest absolute Gasteiger partial charge is 0.122 e. The molecule has 1 unspecified atom stereocenters. The normalized spacial score (nSPS) is 40.9. The first-order valence-electron chi connectivity index (χ1n) is 3.43. The van der Waals surface area contributed by atoms with Crippen LogP contribution in [0.25, 0.3) is 0 Å². The van der Waals surface area contributed by atoms with Gasteiger partial charge in [0.25, 0.3) is 0 Å². The van der Waals surface area contributed by atoms with E-state index in [0.717, 1.165) is 26.1 Å². The fourth-order valence-corrected chi connectivity index (χ4v) is 2.15. The standard InChI is InChI=1S/C7H15P/c1-5-4-7(5)6(2)8-3/h5-8H,4H2,1-3H3/t5-,6+,7-/m0/s1. The van der Waals surface area contributed by atoms with E-state index in [2.05, 4.69) is 20.5 Å². The Bertz CT molecular complexity index is 78.5. The lowest BCUT2D eigenvalue weighted by molar-refractivity contribution is 0.737. The predicted molar refractivity (Wildman–Crippen MR) is 41.0 cm³/mol. The van der Waals surface area contributed by atoms with E-state index in [1.165, 1.54) is 6.42 Å². The van der Waals surface area contributed by atoms with E-state index in [0.29, 0.717) is 0 Å². The van der Waals surface area contributed by atoms with Crippen molar-refractivity contribution < 1.29 is 0 Å². The molecule has 0 aromatic heterocycles. The summed E-state index contributed by atoms with van der Waals surface area (Å²) in [6, 6.07) is 0. The van der Waals surface area contributed by atoms with Crippen LogP contribution in [0.2, 0.25) is 0 Å². The van der Waals surface area contributed by atoms with Gasteiger partial charge in [-0.2, -0.15) is 0 Å². The topological polar surface area (TPSA) is 0 Å². The molecular formula is C7H15P. The van der Waals surface area contributed by atoms with Crippen LogP contribution in [0.3, 0.4) is 0 Å². The summed E-state index contributed by atoms with van der Waals surface area (Å²) >= 11 is 0. The highest BCUT2D eigenvalue weighted by molar-refractivity contribution is 7.37. The lowest BCUT2D eigenvalue weighted by Crippen LogP contribution is -1.95. The molecule has 0 aromatic carbocycles. The second kappa shape index (κ2) is 2.35. The lowest BCUT2D eigenvalue weighted by atomic mass is 10.3. The molecule has 1 rings (SSSR count). The minimum absolute atomic E-state index is 1.02. The molecule has 0 amide bonds. The van der Waals surface area contributed by atoms with Gasteiger partial charge >= 0.3 is 0 Å². The molecular weight excluding hydrogens is 115 g/mol. The van der Waals surface area contributed by atoms with Crippen molar-refractivity contribution in [1.82, 2.24) is 0 Å². The molecule has 8 heavy (non-hydrogen) atoms. The Labute approximate surface area is 53.8 Å². The Morgan fingerprint density at radius 3 is 2.25 bits per heavy atom. The first-order valence-corrected chi connectivity index (χ1v) is 5.00. The van der Waals surface area contributed by atoms with Crippen LogP contribution in [0.4, 0.5) is 0 Å². The number of rotatable bonds is 2. The summed E-state index contributed by atoms with van der Waals surface area (Å²) in [5.41, 5.74) is 1.02. The minimum Gasteiger partial charge on any atom is -0.122 e. The maximum absolute atomic E-state index is 2.38. The Kier molecular flexibility index (Phi) is 1.92. The van der Waals surface area contributed by atoms with Crippen LogP contribution >= 0.6 is 8.58 Å². The average molecular weight is 130 g/mol. The van der Waals surface area contributed by atoms with Crippen LogP contribution in [-0.4, -0.2) is 12.3 Å². The minimum atomic E-state index is 1.02. The monoisotopic (exact) mass is 130 g/mol. The molecule has 0 aliphatic heterocycles. The maximum Gasteiger partial charge on any atom is -0.0237 e. The Morgan fingerprint density at radius 1 is 1.62 bits per heavy atom. The van der Waals surface area contributed by atoms with Crippen LogP contribution in [-0.2, 0) is 0 Å². The summed E-state index contributed by atoms with van der Waals surface area (Å²) in [7, 11) is 1.16. The van der Waals surface area contributed by atoms with E-state index in [1.807, 2.05) is 0 Å². The third-order valence-electron chi connectivity index (χ3n) is 2.27. The van der Waals surface area contributed by atoms with Gasteiger partial charge in [-0.3, -0.25) is 0 Å². The fraction of sp³-hybridized carbons (Fsp3) is 1.00. The van der Waals surface area contributed by atoms with Crippen molar-refractivity contribution >= 4 is 8.58 Å². The predicted octanol–water partition coefficient (Wildman–Crippen LogP) is 2.34. The molecule has 0 aromatic rings. The molecule has 48 valence electrons. The Hall–Kier alpha value is 0.430. The van der Waals surface area contributed by atoms with Gasteiger partial charge in [0.2, 0.25) is 0 Å².